The second-order valence-corrected chi connectivity index (χ2v) is 7.65. The van der Waals surface area contributed by atoms with Crippen molar-refractivity contribution in [3.05, 3.63) is 34.9 Å². The molecule has 4 unspecified atom stereocenters. The number of fused-ring (bicyclic) bond motifs is 1. The number of amides is 1. The number of carboxylic acid groups (broad SMARTS) is 1. The van der Waals surface area contributed by atoms with Gasteiger partial charge in [-0.25, -0.2) is 0 Å². The minimum atomic E-state index is -0.812. The van der Waals surface area contributed by atoms with Crippen LogP contribution in [0.4, 0.5) is 0 Å². The first kappa shape index (κ1) is 18.2. The van der Waals surface area contributed by atoms with E-state index in [2.05, 4.69) is 5.32 Å². The van der Waals surface area contributed by atoms with Crippen molar-refractivity contribution in [3.63, 3.8) is 0 Å². The number of hydrogen-bond acceptors (Lipinski definition) is 3. The summed E-state index contributed by atoms with van der Waals surface area (Å²) in [6.07, 6.45) is 5.02. The Morgan fingerprint density at radius 2 is 1.96 bits per heavy atom. The molecule has 0 radical (unpaired) electrons. The lowest BCUT2D eigenvalue weighted by Gasteiger charge is -2.32. The average Bonchev–Trinajstić information content (AvgIpc) is 2.94. The van der Waals surface area contributed by atoms with E-state index in [9.17, 15) is 14.7 Å². The number of carbonyl (C=O) groups is 2. The van der Waals surface area contributed by atoms with Gasteiger partial charge in [-0.15, -0.1) is 0 Å². The van der Waals surface area contributed by atoms with Crippen LogP contribution in [0.3, 0.4) is 0 Å². The average molecular weight is 365 g/mol. The van der Waals surface area contributed by atoms with Gasteiger partial charge in [0.05, 0.1) is 12.6 Å². The Balaban J connectivity index is 1.64. The Kier molecular flexibility index (Phi) is 5.64. The summed E-state index contributed by atoms with van der Waals surface area (Å²) < 4.78 is 0. The monoisotopic (exact) mass is 364 g/mol. The molecular weight excluding hydrogens is 340 g/mol. The number of carbonyl (C=O) groups excluding carboxylic acids is 1. The van der Waals surface area contributed by atoms with Crippen molar-refractivity contribution in [2.75, 3.05) is 6.54 Å². The highest BCUT2D eigenvalue weighted by Crippen LogP contribution is 2.39. The Hall–Kier alpha value is -1.59. The molecule has 2 fully saturated rings. The molecule has 1 saturated carbocycles. The first-order valence-electron chi connectivity index (χ1n) is 8.99. The maximum atomic E-state index is 12.5. The molecule has 6 heteroatoms. The smallest absolute Gasteiger partial charge is 0.320 e. The summed E-state index contributed by atoms with van der Waals surface area (Å²) >= 11 is 5.90. The molecule has 0 aromatic heterocycles. The van der Waals surface area contributed by atoms with E-state index in [1.54, 1.807) is 12.1 Å². The standard InChI is InChI=1S/C19H25ClN2O3/c1-12(13-6-8-15(20)9-7-13)21-18(23)11-22-16-5-3-2-4-14(16)10-17(22)19(24)25/h6-9,12,14,16-17H,2-5,10-11H2,1H3,(H,21,23)(H,24,25). The normalized spacial score (nSPS) is 27.5. The van der Waals surface area contributed by atoms with Crippen molar-refractivity contribution < 1.29 is 14.7 Å². The Morgan fingerprint density at radius 1 is 1.28 bits per heavy atom. The fourth-order valence-electron chi connectivity index (χ4n) is 4.31. The summed E-state index contributed by atoms with van der Waals surface area (Å²) in [7, 11) is 0. The van der Waals surface area contributed by atoms with Crippen LogP contribution in [0, 0.1) is 5.92 Å². The highest BCUT2D eigenvalue weighted by molar-refractivity contribution is 6.30. The van der Waals surface area contributed by atoms with Crippen LogP contribution < -0.4 is 5.32 Å². The molecule has 3 rings (SSSR count). The number of halogens is 1. The van der Waals surface area contributed by atoms with Crippen LogP contribution in [0.1, 0.15) is 50.6 Å². The van der Waals surface area contributed by atoms with Gasteiger partial charge in [-0.1, -0.05) is 36.6 Å². The second kappa shape index (κ2) is 7.75. The first-order valence-corrected chi connectivity index (χ1v) is 9.37. The van der Waals surface area contributed by atoms with E-state index in [0.717, 1.165) is 24.8 Å². The third-order valence-corrected chi connectivity index (χ3v) is 5.83. The molecule has 25 heavy (non-hydrogen) atoms. The zero-order chi connectivity index (χ0) is 18.0. The largest absolute Gasteiger partial charge is 0.480 e. The molecule has 5 nitrogen and oxygen atoms in total. The molecule has 0 bridgehead atoms. The zero-order valence-corrected chi connectivity index (χ0v) is 15.2. The van der Waals surface area contributed by atoms with Crippen molar-refractivity contribution in [1.82, 2.24) is 10.2 Å². The third kappa shape index (κ3) is 4.15. The van der Waals surface area contributed by atoms with Gasteiger partial charge in [0, 0.05) is 11.1 Å². The molecule has 1 saturated heterocycles. The highest BCUT2D eigenvalue weighted by atomic mass is 35.5. The number of likely N-dealkylation sites (tertiary alicyclic amines) is 1. The van der Waals surface area contributed by atoms with Crippen molar-refractivity contribution in [2.45, 2.75) is 57.2 Å². The minimum Gasteiger partial charge on any atom is -0.480 e. The van der Waals surface area contributed by atoms with E-state index < -0.39 is 12.0 Å². The van der Waals surface area contributed by atoms with E-state index in [4.69, 9.17) is 11.6 Å². The van der Waals surface area contributed by atoms with Crippen LogP contribution in [-0.4, -0.2) is 40.5 Å². The van der Waals surface area contributed by atoms with Crippen LogP contribution >= 0.6 is 11.6 Å². The van der Waals surface area contributed by atoms with Gasteiger partial charge in [-0.05, 0) is 49.8 Å². The lowest BCUT2D eigenvalue weighted by atomic mass is 9.85. The quantitative estimate of drug-likeness (QED) is 0.841. The SMILES string of the molecule is CC(NC(=O)CN1C(C(=O)O)CC2CCCCC21)c1ccc(Cl)cc1. The van der Waals surface area contributed by atoms with Gasteiger partial charge >= 0.3 is 5.97 Å². The molecule has 1 heterocycles. The van der Waals surface area contributed by atoms with Gasteiger partial charge in [-0.2, -0.15) is 0 Å². The maximum absolute atomic E-state index is 12.5. The topological polar surface area (TPSA) is 69.6 Å². The van der Waals surface area contributed by atoms with Crippen LogP contribution in [0.5, 0.6) is 0 Å². The van der Waals surface area contributed by atoms with Crippen molar-refractivity contribution in [2.24, 2.45) is 5.92 Å². The number of carboxylic acids is 1. The van der Waals surface area contributed by atoms with Crippen LogP contribution in [0.25, 0.3) is 0 Å². The van der Waals surface area contributed by atoms with E-state index >= 15 is 0 Å². The van der Waals surface area contributed by atoms with Crippen LogP contribution in [0.15, 0.2) is 24.3 Å². The third-order valence-electron chi connectivity index (χ3n) is 5.58. The van der Waals surface area contributed by atoms with Crippen molar-refractivity contribution in [3.8, 4) is 0 Å². The summed E-state index contributed by atoms with van der Waals surface area (Å²) in [6, 6.07) is 6.93. The van der Waals surface area contributed by atoms with Gasteiger partial charge in [0.15, 0.2) is 0 Å². The number of benzene rings is 1. The molecule has 1 aromatic carbocycles. The fourth-order valence-corrected chi connectivity index (χ4v) is 4.44. The van der Waals surface area contributed by atoms with Crippen LogP contribution in [0.2, 0.25) is 5.02 Å². The molecule has 1 aliphatic carbocycles. The summed E-state index contributed by atoms with van der Waals surface area (Å²) in [5, 5.41) is 13.2. The van der Waals surface area contributed by atoms with Crippen molar-refractivity contribution in [1.29, 1.82) is 0 Å². The first-order chi connectivity index (χ1) is 12.0. The number of nitrogens with zero attached hydrogens (tertiary/aromatic N) is 1. The molecule has 2 aliphatic rings. The summed E-state index contributed by atoms with van der Waals surface area (Å²) in [4.78, 5) is 26.1. The molecule has 4 atom stereocenters. The minimum absolute atomic E-state index is 0.125. The van der Waals surface area contributed by atoms with Gasteiger partial charge in [0.1, 0.15) is 6.04 Å². The predicted octanol–water partition coefficient (Wildman–Crippen LogP) is 3.23. The predicted molar refractivity (Wildman–Crippen MR) is 96.5 cm³/mol. The Labute approximate surface area is 153 Å². The highest BCUT2D eigenvalue weighted by Gasteiger charge is 2.45. The zero-order valence-electron chi connectivity index (χ0n) is 14.5. The molecule has 1 aromatic rings. The number of nitrogens with one attached hydrogen (secondary N) is 1. The molecule has 136 valence electrons. The fraction of sp³-hybridized carbons (Fsp3) is 0.579. The Bertz CT molecular complexity index is 634. The second-order valence-electron chi connectivity index (χ2n) is 7.21. The van der Waals surface area contributed by atoms with E-state index in [1.807, 2.05) is 24.0 Å². The number of hydrogen-bond donors (Lipinski definition) is 2. The van der Waals surface area contributed by atoms with E-state index in [1.165, 1.54) is 6.42 Å². The molecule has 1 amide bonds. The number of aliphatic carboxylic acids is 1. The van der Waals surface area contributed by atoms with Gasteiger partial charge in [0.2, 0.25) is 5.91 Å². The summed E-state index contributed by atoms with van der Waals surface area (Å²) in [6.45, 7) is 2.07. The Morgan fingerprint density at radius 3 is 2.64 bits per heavy atom. The molecular formula is C19H25ClN2O3. The molecule has 0 spiro atoms. The molecule has 1 aliphatic heterocycles. The summed E-state index contributed by atoms with van der Waals surface area (Å²) in [5.74, 6) is -0.524. The number of rotatable bonds is 5. The molecule has 2 N–H and O–H groups in total. The van der Waals surface area contributed by atoms with Gasteiger partial charge in [-0.3, -0.25) is 14.5 Å². The van der Waals surface area contributed by atoms with E-state index in [0.29, 0.717) is 17.4 Å². The van der Waals surface area contributed by atoms with Crippen molar-refractivity contribution >= 4 is 23.5 Å². The van der Waals surface area contributed by atoms with Gasteiger partial charge < -0.3 is 10.4 Å². The summed E-state index contributed by atoms with van der Waals surface area (Å²) in [5.41, 5.74) is 0.976. The lowest BCUT2D eigenvalue weighted by Crippen LogP contribution is -2.47. The van der Waals surface area contributed by atoms with E-state index in [-0.39, 0.29) is 24.5 Å². The van der Waals surface area contributed by atoms with Gasteiger partial charge in [0.25, 0.3) is 0 Å². The lowest BCUT2D eigenvalue weighted by molar-refractivity contribution is -0.143. The maximum Gasteiger partial charge on any atom is 0.320 e. The van der Waals surface area contributed by atoms with Crippen LogP contribution in [-0.2, 0) is 9.59 Å².